The maximum atomic E-state index is 12.9. The van der Waals surface area contributed by atoms with Gasteiger partial charge in [0.05, 0.1) is 0 Å². The van der Waals surface area contributed by atoms with Crippen LogP contribution in [0, 0.1) is 11.8 Å². The molecule has 2 aliphatic heterocycles. The van der Waals surface area contributed by atoms with Crippen molar-refractivity contribution in [3.8, 4) is 0 Å². The van der Waals surface area contributed by atoms with Crippen molar-refractivity contribution in [1.82, 2.24) is 0 Å². The highest BCUT2D eigenvalue weighted by Crippen LogP contribution is 2.71. The SMILES string of the molecule is CCCC1C2(OC(=O)C3=C2CCCC3)C(CCC)C12OC(=O)C1=C2CCCC1. The Bertz CT molecular complexity index is 712. The first-order valence-corrected chi connectivity index (χ1v) is 11.5. The van der Waals surface area contributed by atoms with Crippen molar-refractivity contribution in [3.05, 3.63) is 22.3 Å². The van der Waals surface area contributed by atoms with E-state index in [9.17, 15) is 9.59 Å². The maximum absolute atomic E-state index is 12.9. The number of carbonyl (C=O) groups excluding carboxylic acids is 2. The van der Waals surface area contributed by atoms with Crippen molar-refractivity contribution in [2.75, 3.05) is 0 Å². The lowest BCUT2D eigenvalue weighted by Crippen LogP contribution is -2.75. The number of ether oxygens (including phenoxy) is 2. The van der Waals surface area contributed by atoms with E-state index >= 15 is 0 Å². The topological polar surface area (TPSA) is 52.6 Å². The molecule has 0 amide bonds. The first kappa shape index (κ1) is 18.4. The third-order valence-electron chi connectivity index (χ3n) is 8.12. The summed E-state index contributed by atoms with van der Waals surface area (Å²) in [7, 11) is 0. The highest BCUT2D eigenvalue weighted by atomic mass is 16.6. The van der Waals surface area contributed by atoms with E-state index in [0.717, 1.165) is 88.2 Å². The van der Waals surface area contributed by atoms with Gasteiger partial charge in [-0.15, -0.1) is 0 Å². The Labute approximate surface area is 167 Å². The molecule has 3 aliphatic carbocycles. The van der Waals surface area contributed by atoms with Gasteiger partial charge in [0.15, 0.2) is 0 Å². The second-order valence-electron chi connectivity index (χ2n) is 9.38. The van der Waals surface area contributed by atoms with E-state index < -0.39 is 11.2 Å². The monoisotopic (exact) mass is 384 g/mol. The molecule has 0 aromatic heterocycles. The predicted molar refractivity (Wildman–Crippen MR) is 105 cm³/mol. The van der Waals surface area contributed by atoms with Gasteiger partial charge in [-0.05, 0) is 75.4 Å². The van der Waals surface area contributed by atoms with Crippen LogP contribution in [0.15, 0.2) is 22.3 Å². The number of carbonyl (C=O) groups is 2. The largest absolute Gasteiger partial charge is 0.450 e. The lowest BCUT2D eigenvalue weighted by Gasteiger charge is -2.65. The molecule has 0 bridgehead atoms. The van der Waals surface area contributed by atoms with Crippen molar-refractivity contribution in [3.63, 3.8) is 0 Å². The summed E-state index contributed by atoms with van der Waals surface area (Å²) in [6, 6.07) is 0. The van der Waals surface area contributed by atoms with Gasteiger partial charge in [0, 0.05) is 23.0 Å². The lowest BCUT2D eigenvalue weighted by molar-refractivity contribution is -0.266. The fourth-order valence-electron chi connectivity index (χ4n) is 7.26. The molecule has 0 aromatic carbocycles. The van der Waals surface area contributed by atoms with Crippen molar-refractivity contribution >= 4 is 11.9 Å². The number of hydrogen-bond donors (Lipinski definition) is 0. The zero-order valence-electron chi connectivity index (χ0n) is 17.3. The third kappa shape index (κ3) is 2.07. The fraction of sp³-hybridized carbons (Fsp3) is 0.750. The molecule has 2 spiro atoms. The van der Waals surface area contributed by atoms with Gasteiger partial charge in [0.2, 0.25) is 0 Å². The minimum absolute atomic E-state index is 0.0886. The minimum atomic E-state index is -0.515. The average molecular weight is 385 g/mol. The van der Waals surface area contributed by atoms with Crippen LogP contribution < -0.4 is 0 Å². The number of esters is 2. The molecular formula is C24H32O4. The predicted octanol–water partition coefficient (Wildman–Crippen LogP) is 5.17. The van der Waals surface area contributed by atoms with Gasteiger partial charge in [0.1, 0.15) is 11.2 Å². The lowest BCUT2D eigenvalue weighted by atomic mass is 9.43. The molecule has 1 saturated carbocycles. The van der Waals surface area contributed by atoms with Gasteiger partial charge in [-0.25, -0.2) is 9.59 Å². The molecular weight excluding hydrogens is 352 g/mol. The molecule has 152 valence electrons. The van der Waals surface area contributed by atoms with E-state index in [0.29, 0.717) is 0 Å². The summed E-state index contributed by atoms with van der Waals surface area (Å²) in [6.07, 6.45) is 12.0. The van der Waals surface area contributed by atoms with Gasteiger partial charge in [-0.1, -0.05) is 26.7 Å². The summed E-state index contributed by atoms with van der Waals surface area (Å²) < 4.78 is 12.7. The molecule has 5 aliphatic rings. The summed E-state index contributed by atoms with van der Waals surface area (Å²) in [5.41, 5.74) is 3.41. The first-order valence-electron chi connectivity index (χ1n) is 11.5. The van der Waals surface area contributed by atoms with Crippen LogP contribution in [0.2, 0.25) is 0 Å². The van der Waals surface area contributed by atoms with E-state index in [1.54, 1.807) is 0 Å². The van der Waals surface area contributed by atoms with E-state index in [4.69, 9.17) is 9.47 Å². The number of rotatable bonds is 4. The molecule has 5 rings (SSSR count). The zero-order valence-corrected chi connectivity index (χ0v) is 17.3. The van der Waals surface area contributed by atoms with Crippen LogP contribution in [0.25, 0.3) is 0 Å². The van der Waals surface area contributed by atoms with Crippen molar-refractivity contribution < 1.29 is 19.1 Å². The van der Waals surface area contributed by atoms with Crippen molar-refractivity contribution in [2.45, 2.75) is 102 Å². The number of fused-ring (bicyclic) bond motifs is 2. The Morgan fingerprint density at radius 3 is 1.50 bits per heavy atom. The van der Waals surface area contributed by atoms with E-state index in [-0.39, 0.29) is 23.8 Å². The maximum Gasteiger partial charge on any atom is 0.335 e. The first-order chi connectivity index (χ1) is 13.6. The van der Waals surface area contributed by atoms with E-state index in [1.807, 2.05) is 0 Å². The molecule has 0 aromatic rings. The molecule has 28 heavy (non-hydrogen) atoms. The van der Waals surface area contributed by atoms with Gasteiger partial charge >= 0.3 is 11.9 Å². The molecule has 0 atom stereocenters. The van der Waals surface area contributed by atoms with Crippen LogP contribution in [0.5, 0.6) is 0 Å². The minimum Gasteiger partial charge on any atom is -0.450 e. The molecule has 0 saturated heterocycles. The van der Waals surface area contributed by atoms with E-state index in [1.165, 1.54) is 11.1 Å². The Morgan fingerprint density at radius 1 is 0.714 bits per heavy atom. The van der Waals surface area contributed by atoms with E-state index in [2.05, 4.69) is 13.8 Å². The summed E-state index contributed by atoms with van der Waals surface area (Å²) in [6.45, 7) is 4.38. The van der Waals surface area contributed by atoms with Gasteiger partial charge in [-0.3, -0.25) is 0 Å². The smallest absolute Gasteiger partial charge is 0.335 e. The molecule has 0 unspecified atom stereocenters. The second-order valence-corrected chi connectivity index (χ2v) is 9.38. The molecule has 0 radical (unpaired) electrons. The Morgan fingerprint density at radius 2 is 1.11 bits per heavy atom. The third-order valence-corrected chi connectivity index (χ3v) is 8.12. The molecule has 0 N–H and O–H groups in total. The molecule has 4 heteroatoms. The Kier molecular flexibility index (Phi) is 4.26. The molecule has 2 heterocycles. The quantitative estimate of drug-likeness (QED) is 0.628. The highest BCUT2D eigenvalue weighted by Gasteiger charge is 2.80. The normalized spacial score (nSPS) is 39.2. The van der Waals surface area contributed by atoms with Gasteiger partial charge in [-0.2, -0.15) is 0 Å². The van der Waals surface area contributed by atoms with Gasteiger partial charge in [0.25, 0.3) is 0 Å². The van der Waals surface area contributed by atoms with Crippen molar-refractivity contribution in [1.29, 1.82) is 0 Å². The standard InChI is InChI=1S/C24H32O4/c1-3-9-19-23(17-13-7-5-11-15(17)21(25)27-23)20(10-4-2)24(19)18-14-8-6-12-16(18)22(26)28-24/h19-20H,3-14H2,1-2H3. The summed E-state index contributed by atoms with van der Waals surface area (Å²) >= 11 is 0. The summed E-state index contributed by atoms with van der Waals surface area (Å²) in [4.78, 5) is 25.7. The van der Waals surface area contributed by atoms with Crippen LogP contribution in [0.4, 0.5) is 0 Å². The molecule has 4 nitrogen and oxygen atoms in total. The number of hydrogen-bond acceptors (Lipinski definition) is 4. The Hall–Kier alpha value is -1.58. The second kappa shape index (κ2) is 6.47. The molecule has 1 fully saturated rings. The summed E-state index contributed by atoms with van der Waals surface area (Å²) in [5, 5.41) is 0. The van der Waals surface area contributed by atoms with Crippen LogP contribution in [-0.4, -0.2) is 23.1 Å². The van der Waals surface area contributed by atoms with Crippen molar-refractivity contribution in [2.24, 2.45) is 11.8 Å². The zero-order chi connectivity index (χ0) is 19.5. The van der Waals surface area contributed by atoms with Gasteiger partial charge < -0.3 is 9.47 Å². The average Bonchev–Trinajstić information content (AvgIpc) is 3.20. The van der Waals surface area contributed by atoms with Crippen LogP contribution in [0.1, 0.15) is 90.9 Å². The highest BCUT2D eigenvalue weighted by molar-refractivity contribution is 5.96. The Balaban J connectivity index is 1.67. The van der Waals surface area contributed by atoms with Crippen LogP contribution >= 0.6 is 0 Å². The van der Waals surface area contributed by atoms with Crippen LogP contribution in [0.3, 0.4) is 0 Å². The van der Waals surface area contributed by atoms with Crippen LogP contribution in [-0.2, 0) is 19.1 Å². The summed E-state index contributed by atoms with van der Waals surface area (Å²) in [5.74, 6) is -0.000784. The fourth-order valence-corrected chi connectivity index (χ4v) is 7.26.